The first-order valence-corrected chi connectivity index (χ1v) is 11.0. The minimum absolute atomic E-state index is 0.245. The highest BCUT2D eigenvalue weighted by atomic mass is 16.5. The molecular weight excluding hydrogens is 432 g/mol. The zero-order valence-electron chi connectivity index (χ0n) is 19.9. The number of hydrogen-bond acceptors (Lipinski definition) is 5. The van der Waals surface area contributed by atoms with Gasteiger partial charge in [-0.15, -0.1) is 0 Å². The molecule has 3 rings (SSSR count). The van der Waals surface area contributed by atoms with E-state index in [1.165, 1.54) is 4.90 Å². The molecule has 0 aliphatic rings. The van der Waals surface area contributed by atoms with Gasteiger partial charge in [-0.2, -0.15) is 0 Å². The third-order valence-corrected chi connectivity index (χ3v) is 5.36. The molecule has 2 aromatic carbocycles. The lowest BCUT2D eigenvalue weighted by molar-refractivity contribution is -0.149. The van der Waals surface area contributed by atoms with Crippen LogP contribution < -0.4 is 15.1 Å². The van der Waals surface area contributed by atoms with E-state index >= 15 is 0 Å². The molecule has 0 unspecified atom stereocenters. The topological polar surface area (TPSA) is 95.0 Å². The van der Waals surface area contributed by atoms with Crippen LogP contribution in [0.5, 0.6) is 0 Å². The maximum atomic E-state index is 12.8. The Morgan fingerprint density at radius 3 is 2.35 bits per heavy atom. The van der Waals surface area contributed by atoms with Crippen molar-refractivity contribution in [2.75, 3.05) is 42.9 Å². The second-order valence-corrected chi connectivity index (χ2v) is 8.02. The number of aliphatic carboxylic acids is 1. The Morgan fingerprint density at radius 2 is 1.76 bits per heavy atom. The zero-order chi connectivity index (χ0) is 24.7. The summed E-state index contributed by atoms with van der Waals surface area (Å²) in [4.78, 5) is 32.1. The van der Waals surface area contributed by atoms with Crippen LogP contribution in [-0.4, -0.2) is 55.9 Å². The Kier molecular flexibility index (Phi) is 8.21. The number of hydrogen-bond donors (Lipinski definition) is 2. The van der Waals surface area contributed by atoms with Gasteiger partial charge in [0.25, 0.3) is 0 Å². The number of nitrogens with one attached hydrogen (secondary N) is 1. The first-order valence-electron chi connectivity index (χ1n) is 11.0. The molecular formula is C26H30N4O4. The van der Waals surface area contributed by atoms with Crippen molar-refractivity contribution in [1.29, 1.82) is 0 Å². The second kappa shape index (κ2) is 11.3. The summed E-state index contributed by atoms with van der Waals surface area (Å²) in [5, 5.41) is 12.2. The van der Waals surface area contributed by atoms with E-state index in [0.29, 0.717) is 18.0 Å². The minimum atomic E-state index is -0.992. The van der Waals surface area contributed by atoms with Gasteiger partial charge in [0.05, 0.1) is 5.69 Å². The smallest absolute Gasteiger partial charge is 0.333 e. The highest BCUT2D eigenvalue weighted by Crippen LogP contribution is 2.24. The standard InChI is InChI=1S/C26H30N4O4/c1-5-34-24(25(31)32)15-18-9-14-23(27-17-18)19-7-6-8-22(16-19)30(4)26(33)28-20-10-12-21(13-11-20)29(2)3/h6-14,16-17,24H,5,15H2,1-4H3,(H,28,33)(H,31,32)/t24-/m0/s1. The summed E-state index contributed by atoms with van der Waals surface area (Å²) < 4.78 is 5.27. The molecule has 3 aromatic rings. The van der Waals surface area contributed by atoms with E-state index in [9.17, 15) is 14.7 Å². The highest BCUT2D eigenvalue weighted by Gasteiger charge is 2.18. The number of ether oxygens (including phenoxy) is 1. The lowest BCUT2D eigenvalue weighted by Crippen LogP contribution is -2.31. The number of urea groups is 1. The third kappa shape index (κ3) is 6.32. The molecule has 178 valence electrons. The minimum Gasteiger partial charge on any atom is -0.479 e. The number of carbonyl (C=O) groups is 2. The van der Waals surface area contributed by atoms with Crippen molar-refractivity contribution >= 4 is 29.1 Å². The first kappa shape index (κ1) is 24.7. The Balaban J connectivity index is 1.69. The molecule has 2 N–H and O–H groups in total. The molecule has 1 atom stereocenters. The second-order valence-electron chi connectivity index (χ2n) is 8.02. The summed E-state index contributed by atoms with van der Waals surface area (Å²) in [6.45, 7) is 2.10. The number of rotatable bonds is 9. The van der Waals surface area contributed by atoms with Crippen molar-refractivity contribution in [3.8, 4) is 11.3 Å². The van der Waals surface area contributed by atoms with Crippen molar-refractivity contribution in [3.05, 3.63) is 72.4 Å². The molecule has 0 spiro atoms. The molecule has 34 heavy (non-hydrogen) atoms. The van der Waals surface area contributed by atoms with E-state index < -0.39 is 12.1 Å². The number of carbonyl (C=O) groups excluding carboxylic acids is 1. The molecule has 2 amide bonds. The van der Waals surface area contributed by atoms with E-state index in [1.54, 1.807) is 20.2 Å². The molecule has 8 heteroatoms. The average molecular weight is 463 g/mol. The molecule has 8 nitrogen and oxygen atoms in total. The predicted molar refractivity (Wildman–Crippen MR) is 135 cm³/mol. The van der Waals surface area contributed by atoms with Gasteiger partial charge in [-0.25, -0.2) is 9.59 Å². The molecule has 0 fully saturated rings. The summed E-state index contributed by atoms with van der Waals surface area (Å²) in [5.41, 5.74) is 4.82. The van der Waals surface area contributed by atoms with Crippen LogP contribution in [0.4, 0.5) is 21.9 Å². The van der Waals surface area contributed by atoms with Crippen molar-refractivity contribution in [2.24, 2.45) is 0 Å². The lowest BCUT2D eigenvalue weighted by atomic mass is 10.1. The summed E-state index contributed by atoms with van der Waals surface area (Å²) in [7, 11) is 5.63. The van der Waals surface area contributed by atoms with E-state index in [1.807, 2.05) is 79.7 Å². The van der Waals surface area contributed by atoms with Crippen LogP contribution in [0.15, 0.2) is 66.9 Å². The van der Waals surface area contributed by atoms with Crippen LogP contribution in [0.25, 0.3) is 11.3 Å². The summed E-state index contributed by atoms with van der Waals surface area (Å²) in [6.07, 6.45) is 1.01. The Hall–Kier alpha value is -3.91. The fourth-order valence-electron chi connectivity index (χ4n) is 3.39. The number of anilines is 3. The van der Waals surface area contributed by atoms with Crippen LogP contribution in [0.1, 0.15) is 12.5 Å². The van der Waals surface area contributed by atoms with Crippen LogP contribution in [-0.2, 0) is 16.0 Å². The zero-order valence-corrected chi connectivity index (χ0v) is 19.9. The monoisotopic (exact) mass is 462 g/mol. The van der Waals surface area contributed by atoms with E-state index in [4.69, 9.17) is 4.74 Å². The molecule has 0 aliphatic heterocycles. The number of benzene rings is 2. The first-order chi connectivity index (χ1) is 16.3. The number of aromatic nitrogens is 1. The van der Waals surface area contributed by atoms with E-state index in [0.717, 1.165) is 22.5 Å². The normalized spacial score (nSPS) is 11.5. The maximum Gasteiger partial charge on any atom is 0.333 e. The van der Waals surface area contributed by atoms with Crippen molar-refractivity contribution in [2.45, 2.75) is 19.4 Å². The van der Waals surface area contributed by atoms with Crippen LogP contribution in [0, 0.1) is 0 Å². The Morgan fingerprint density at radius 1 is 1.03 bits per heavy atom. The summed E-state index contributed by atoms with van der Waals surface area (Å²) in [5.74, 6) is -0.992. The van der Waals surface area contributed by atoms with Gasteiger partial charge < -0.3 is 20.1 Å². The fraction of sp³-hybridized carbons (Fsp3) is 0.269. The van der Waals surface area contributed by atoms with Gasteiger partial charge in [0, 0.05) is 63.0 Å². The van der Waals surface area contributed by atoms with Crippen LogP contribution in [0.2, 0.25) is 0 Å². The number of amides is 2. The number of pyridine rings is 1. The average Bonchev–Trinajstić information content (AvgIpc) is 2.84. The van der Waals surface area contributed by atoms with Crippen molar-refractivity contribution in [3.63, 3.8) is 0 Å². The predicted octanol–water partition coefficient (Wildman–Crippen LogP) is 4.52. The molecule has 1 aromatic heterocycles. The summed E-state index contributed by atoms with van der Waals surface area (Å²) in [6, 6.07) is 18.6. The number of nitrogens with zero attached hydrogens (tertiary/aromatic N) is 3. The molecule has 0 aliphatic carbocycles. The number of carboxylic acids is 1. The van der Waals surface area contributed by atoms with Gasteiger partial charge in [0.2, 0.25) is 0 Å². The quantitative estimate of drug-likeness (QED) is 0.486. The SMILES string of the molecule is CCO[C@@H](Cc1ccc(-c2cccc(N(C)C(=O)Nc3ccc(N(C)C)cc3)c2)nc1)C(=O)O. The van der Waals surface area contributed by atoms with E-state index in [-0.39, 0.29) is 12.5 Å². The molecule has 0 bridgehead atoms. The Bertz CT molecular complexity index is 1110. The third-order valence-electron chi connectivity index (χ3n) is 5.36. The largest absolute Gasteiger partial charge is 0.479 e. The molecule has 0 saturated carbocycles. The van der Waals surface area contributed by atoms with Gasteiger partial charge in [-0.05, 0) is 55.0 Å². The van der Waals surface area contributed by atoms with Crippen molar-refractivity contribution < 1.29 is 19.4 Å². The van der Waals surface area contributed by atoms with Gasteiger partial charge in [0.1, 0.15) is 0 Å². The fourth-order valence-corrected chi connectivity index (χ4v) is 3.39. The summed E-state index contributed by atoms with van der Waals surface area (Å²) >= 11 is 0. The van der Waals surface area contributed by atoms with Gasteiger partial charge in [-0.3, -0.25) is 9.88 Å². The van der Waals surface area contributed by atoms with Gasteiger partial charge in [0.15, 0.2) is 6.10 Å². The number of carboxylic acid groups (broad SMARTS) is 1. The molecule has 0 radical (unpaired) electrons. The highest BCUT2D eigenvalue weighted by molar-refractivity contribution is 6.01. The van der Waals surface area contributed by atoms with Crippen molar-refractivity contribution in [1.82, 2.24) is 4.98 Å². The van der Waals surface area contributed by atoms with E-state index in [2.05, 4.69) is 10.3 Å². The maximum absolute atomic E-state index is 12.8. The van der Waals surface area contributed by atoms with Gasteiger partial charge in [-0.1, -0.05) is 18.2 Å². The Labute approximate surface area is 199 Å². The van der Waals surface area contributed by atoms with Crippen LogP contribution >= 0.6 is 0 Å². The lowest BCUT2D eigenvalue weighted by Gasteiger charge is -2.19. The van der Waals surface area contributed by atoms with Gasteiger partial charge >= 0.3 is 12.0 Å². The molecule has 0 saturated heterocycles. The van der Waals surface area contributed by atoms with Crippen LogP contribution in [0.3, 0.4) is 0 Å². The molecule has 1 heterocycles.